The summed E-state index contributed by atoms with van der Waals surface area (Å²) in [6.07, 6.45) is 1.18. The molecule has 0 aliphatic carbocycles. The quantitative estimate of drug-likeness (QED) is 0.496. The Morgan fingerprint density at radius 3 is 1.57 bits per heavy atom. The molecule has 0 aromatic rings. The van der Waals surface area contributed by atoms with Crippen molar-refractivity contribution >= 4 is 12.6 Å². The van der Waals surface area contributed by atoms with Crippen molar-refractivity contribution in [3.05, 3.63) is 0 Å². The summed E-state index contributed by atoms with van der Waals surface area (Å²) >= 11 is 3.92. The smallest absolute Gasteiger partial charge is 0.0101 e. The average Bonchev–Trinajstić information content (AvgIpc) is 1.69. The second-order valence-corrected chi connectivity index (χ2v) is 1.67. The number of hydrogen-bond acceptors (Lipinski definition) is 2. The van der Waals surface area contributed by atoms with E-state index in [1.54, 1.807) is 0 Å². The third kappa shape index (κ3) is 68.3. The topological polar surface area (TPSA) is 12.0 Å². The van der Waals surface area contributed by atoms with Gasteiger partial charge in [-0.15, -0.1) is 0 Å². The molecule has 0 heterocycles. The Morgan fingerprint density at radius 2 is 1.57 bits per heavy atom. The van der Waals surface area contributed by atoms with E-state index in [9.17, 15) is 0 Å². The van der Waals surface area contributed by atoms with Crippen LogP contribution in [0.4, 0.5) is 0 Å². The number of hydrogen-bond donors (Lipinski definition) is 2. The highest BCUT2D eigenvalue weighted by molar-refractivity contribution is 7.80. The van der Waals surface area contributed by atoms with Gasteiger partial charge in [-0.1, -0.05) is 6.92 Å². The first kappa shape index (κ1) is 10.3. The lowest BCUT2D eigenvalue weighted by atomic mass is 10.6. The zero-order chi connectivity index (χ0) is 6.12. The molecule has 0 radical (unpaired) electrons. The largest absolute Gasteiger partial charge is 0.323 e. The van der Waals surface area contributed by atoms with E-state index in [-0.39, 0.29) is 0 Å². The molecule has 0 aromatic heterocycles. The summed E-state index contributed by atoms with van der Waals surface area (Å²) < 4.78 is 0. The van der Waals surface area contributed by atoms with Crippen molar-refractivity contribution < 1.29 is 0 Å². The van der Waals surface area contributed by atoms with Crippen LogP contribution in [0.1, 0.15) is 13.3 Å². The first-order valence-corrected chi connectivity index (χ1v) is 3.16. The minimum atomic E-state index is 1.01. The monoisotopic (exact) mass is 121 g/mol. The number of thiol groups is 1. The summed E-state index contributed by atoms with van der Waals surface area (Å²) in [7, 11) is 3.75. The Balaban J connectivity index is 0. The van der Waals surface area contributed by atoms with Gasteiger partial charge in [0.2, 0.25) is 0 Å². The predicted octanol–water partition coefficient (Wildman–Crippen LogP) is 1.16. The van der Waals surface area contributed by atoms with Gasteiger partial charge < -0.3 is 5.32 Å². The highest BCUT2D eigenvalue weighted by Gasteiger charge is 1.57. The predicted molar refractivity (Wildman–Crippen MR) is 39.1 cm³/mol. The molecule has 46 valence electrons. The fourth-order valence-electron chi connectivity index (χ4n) is 0. The molecular formula is C5H15NS. The van der Waals surface area contributed by atoms with Crippen LogP contribution in [-0.4, -0.2) is 19.8 Å². The molecule has 0 rings (SSSR count). The van der Waals surface area contributed by atoms with Crippen LogP contribution in [0.15, 0.2) is 0 Å². The normalized spacial score (nSPS) is 6.86. The molecule has 0 spiro atoms. The molecule has 0 fully saturated rings. The Bertz CT molecular complexity index is 15.6. The van der Waals surface area contributed by atoms with E-state index >= 15 is 0 Å². The van der Waals surface area contributed by atoms with Crippen LogP contribution in [0.3, 0.4) is 0 Å². The zero-order valence-electron chi connectivity index (χ0n) is 5.36. The third-order valence-corrected chi connectivity index (χ3v) is 0.671. The van der Waals surface area contributed by atoms with Crippen molar-refractivity contribution in [1.29, 1.82) is 0 Å². The molecule has 1 N–H and O–H groups in total. The summed E-state index contributed by atoms with van der Waals surface area (Å²) in [5.74, 6) is 1.01. The van der Waals surface area contributed by atoms with Gasteiger partial charge in [0.1, 0.15) is 0 Å². The first-order valence-electron chi connectivity index (χ1n) is 2.52. The summed E-state index contributed by atoms with van der Waals surface area (Å²) in [5, 5.41) is 2.75. The number of nitrogens with one attached hydrogen (secondary N) is 1. The lowest BCUT2D eigenvalue weighted by molar-refractivity contribution is 1.02. The lowest BCUT2D eigenvalue weighted by Crippen LogP contribution is -1.89. The van der Waals surface area contributed by atoms with E-state index in [1.807, 2.05) is 14.1 Å². The average molecular weight is 121 g/mol. The molecule has 2 heteroatoms. The summed E-state index contributed by atoms with van der Waals surface area (Å²) in [5.41, 5.74) is 0. The van der Waals surface area contributed by atoms with Crippen LogP contribution < -0.4 is 5.32 Å². The molecule has 0 bridgehead atoms. The molecule has 0 unspecified atom stereocenters. The van der Waals surface area contributed by atoms with E-state index < -0.39 is 0 Å². The highest BCUT2D eigenvalue weighted by atomic mass is 32.1. The fraction of sp³-hybridized carbons (Fsp3) is 1.00. The Hall–Kier alpha value is 0.310. The van der Waals surface area contributed by atoms with Crippen molar-refractivity contribution in [3.63, 3.8) is 0 Å². The maximum absolute atomic E-state index is 3.92. The van der Waals surface area contributed by atoms with Gasteiger partial charge in [0.05, 0.1) is 0 Å². The third-order valence-electron chi connectivity index (χ3n) is 0.224. The van der Waals surface area contributed by atoms with Crippen LogP contribution in [0.25, 0.3) is 0 Å². The lowest BCUT2D eigenvalue weighted by Gasteiger charge is -1.67. The SMILES string of the molecule is CCCS.CNC. The number of rotatable bonds is 1. The Kier molecular flexibility index (Phi) is 23.9. The van der Waals surface area contributed by atoms with Crippen molar-refractivity contribution in [2.24, 2.45) is 0 Å². The fourth-order valence-corrected chi connectivity index (χ4v) is 0. The molecule has 0 saturated heterocycles. The van der Waals surface area contributed by atoms with Crippen LogP contribution >= 0.6 is 12.6 Å². The summed E-state index contributed by atoms with van der Waals surface area (Å²) in [6, 6.07) is 0. The Morgan fingerprint density at radius 1 is 1.43 bits per heavy atom. The van der Waals surface area contributed by atoms with Crippen LogP contribution in [-0.2, 0) is 0 Å². The van der Waals surface area contributed by atoms with Gasteiger partial charge in [-0.3, -0.25) is 0 Å². The summed E-state index contributed by atoms with van der Waals surface area (Å²) in [6.45, 7) is 2.10. The van der Waals surface area contributed by atoms with Gasteiger partial charge >= 0.3 is 0 Å². The van der Waals surface area contributed by atoms with Crippen molar-refractivity contribution in [2.45, 2.75) is 13.3 Å². The Labute approximate surface area is 51.9 Å². The maximum Gasteiger partial charge on any atom is -0.0101 e. The van der Waals surface area contributed by atoms with Crippen molar-refractivity contribution in [3.8, 4) is 0 Å². The second kappa shape index (κ2) is 16.2. The standard InChI is InChI=1S/C3H8S.C2H7N/c1-2-3-4;1-3-2/h4H,2-3H2,1H3;3H,1-2H3. The minimum Gasteiger partial charge on any atom is -0.323 e. The van der Waals surface area contributed by atoms with Crippen LogP contribution in [0, 0.1) is 0 Å². The summed E-state index contributed by atoms with van der Waals surface area (Å²) in [4.78, 5) is 0. The molecule has 1 nitrogen and oxygen atoms in total. The van der Waals surface area contributed by atoms with E-state index in [2.05, 4.69) is 24.9 Å². The molecule has 0 atom stereocenters. The molecule has 0 aromatic carbocycles. The van der Waals surface area contributed by atoms with Gasteiger partial charge in [0, 0.05) is 0 Å². The van der Waals surface area contributed by atoms with Crippen LogP contribution in [0.2, 0.25) is 0 Å². The van der Waals surface area contributed by atoms with E-state index in [0.717, 1.165) is 5.75 Å². The molecular weight excluding hydrogens is 106 g/mol. The van der Waals surface area contributed by atoms with Crippen molar-refractivity contribution in [2.75, 3.05) is 19.8 Å². The molecule has 0 saturated carbocycles. The van der Waals surface area contributed by atoms with Gasteiger partial charge in [-0.25, -0.2) is 0 Å². The van der Waals surface area contributed by atoms with Crippen molar-refractivity contribution in [1.82, 2.24) is 5.32 Å². The highest BCUT2D eigenvalue weighted by Crippen LogP contribution is 1.74. The minimum absolute atomic E-state index is 1.01. The van der Waals surface area contributed by atoms with Gasteiger partial charge in [-0.05, 0) is 26.3 Å². The molecule has 0 aliphatic rings. The van der Waals surface area contributed by atoms with Gasteiger partial charge in [0.25, 0.3) is 0 Å². The van der Waals surface area contributed by atoms with Gasteiger partial charge in [-0.2, -0.15) is 12.6 Å². The zero-order valence-corrected chi connectivity index (χ0v) is 6.26. The van der Waals surface area contributed by atoms with E-state index in [4.69, 9.17) is 0 Å². The first-order chi connectivity index (χ1) is 3.33. The van der Waals surface area contributed by atoms with Crippen LogP contribution in [0.5, 0.6) is 0 Å². The van der Waals surface area contributed by atoms with E-state index in [0.29, 0.717) is 0 Å². The molecule has 7 heavy (non-hydrogen) atoms. The van der Waals surface area contributed by atoms with Gasteiger partial charge in [0.15, 0.2) is 0 Å². The van der Waals surface area contributed by atoms with E-state index in [1.165, 1.54) is 6.42 Å². The maximum atomic E-state index is 3.92. The molecule has 0 aliphatic heterocycles. The second-order valence-electron chi connectivity index (χ2n) is 1.22. The molecule has 0 amide bonds.